The van der Waals surface area contributed by atoms with Crippen LogP contribution in [0.25, 0.3) is 0 Å². The first-order chi connectivity index (χ1) is 9.56. The van der Waals surface area contributed by atoms with Crippen LogP contribution in [0.4, 0.5) is 17.6 Å². The van der Waals surface area contributed by atoms with Gasteiger partial charge in [0, 0.05) is 11.1 Å². The van der Waals surface area contributed by atoms with Gasteiger partial charge in [-0.2, -0.15) is 0 Å². The molecule has 0 saturated carbocycles. The van der Waals surface area contributed by atoms with Gasteiger partial charge in [0.2, 0.25) is 0 Å². The predicted octanol–water partition coefficient (Wildman–Crippen LogP) is 3.94. The van der Waals surface area contributed by atoms with E-state index in [2.05, 4.69) is 5.32 Å². The molecule has 0 heterocycles. The molecular formula is C15H13F4N. The van der Waals surface area contributed by atoms with Gasteiger partial charge in [-0.15, -0.1) is 0 Å². The molecule has 0 aliphatic heterocycles. The summed E-state index contributed by atoms with van der Waals surface area (Å²) in [7, 11) is 0. The van der Waals surface area contributed by atoms with Crippen LogP contribution in [0.3, 0.4) is 0 Å². The summed E-state index contributed by atoms with van der Waals surface area (Å²) in [5.74, 6) is -3.39. The van der Waals surface area contributed by atoms with Gasteiger partial charge in [0.25, 0.3) is 0 Å². The highest BCUT2D eigenvalue weighted by Crippen LogP contribution is 2.30. The monoisotopic (exact) mass is 283 g/mol. The van der Waals surface area contributed by atoms with Crippen molar-refractivity contribution >= 4 is 0 Å². The third-order valence-electron chi connectivity index (χ3n) is 2.99. The van der Waals surface area contributed by atoms with E-state index in [0.29, 0.717) is 6.54 Å². The van der Waals surface area contributed by atoms with Crippen molar-refractivity contribution in [2.45, 2.75) is 13.0 Å². The fraction of sp³-hybridized carbons (Fsp3) is 0.200. The number of nitrogens with one attached hydrogen (secondary N) is 1. The maximum atomic E-state index is 13.8. The van der Waals surface area contributed by atoms with E-state index < -0.39 is 40.4 Å². The maximum Gasteiger partial charge on any atom is 0.131 e. The Bertz CT molecular complexity index is 521. The summed E-state index contributed by atoms with van der Waals surface area (Å²) in [5.41, 5.74) is -0.781. The van der Waals surface area contributed by atoms with Crippen molar-refractivity contribution in [1.29, 1.82) is 0 Å². The van der Waals surface area contributed by atoms with E-state index in [9.17, 15) is 17.6 Å². The summed E-state index contributed by atoms with van der Waals surface area (Å²) in [5, 5.41) is 2.72. The molecule has 0 aromatic heterocycles. The molecule has 5 heteroatoms. The molecule has 0 fully saturated rings. The maximum absolute atomic E-state index is 13.8. The minimum absolute atomic E-state index is 0.298. The molecule has 0 aliphatic rings. The van der Waals surface area contributed by atoms with E-state index in [-0.39, 0.29) is 0 Å². The van der Waals surface area contributed by atoms with Gasteiger partial charge in [-0.05, 0) is 30.8 Å². The highest BCUT2D eigenvalue weighted by molar-refractivity contribution is 5.35. The number of halogens is 4. The van der Waals surface area contributed by atoms with Gasteiger partial charge in [0.05, 0.1) is 6.04 Å². The zero-order valence-electron chi connectivity index (χ0n) is 10.8. The molecule has 2 aromatic carbocycles. The Morgan fingerprint density at radius 2 is 1.15 bits per heavy atom. The van der Waals surface area contributed by atoms with Crippen molar-refractivity contribution in [3.63, 3.8) is 0 Å². The lowest BCUT2D eigenvalue weighted by atomic mass is 9.96. The highest BCUT2D eigenvalue weighted by atomic mass is 19.1. The van der Waals surface area contributed by atoms with Gasteiger partial charge >= 0.3 is 0 Å². The lowest BCUT2D eigenvalue weighted by molar-refractivity contribution is 0.473. The van der Waals surface area contributed by atoms with E-state index in [1.54, 1.807) is 6.92 Å². The molecule has 0 unspecified atom stereocenters. The van der Waals surface area contributed by atoms with Crippen LogP contribution in [0.1, 0.15) is 24.1 Å². The molecule has 106 valence electrons. The second-order valence-corrected chi connectivity index (χ2v) is 4.26. The molecule has 0 radical (unpaired) electrons. The molecule has 0 bridgehead atoms. The number of benzene rings is 2. The minimum Gasteiger partial charge on any atom is -0.306 e. The Labute approximate surface area is 114 Å². The lowest BCUT2D eigenvalue weighted by Crippen LogP contribution is -2.26. The first kappa shape index (κ1) is 14.5. The van der Waals surface area contributed by atoms with Crippen molar-refractivity contribution in [3.8, 4) is 0 Å². The lowest BCUT2D eigenvalue weighted by Gasteiger charge is -2.21. The van der Waals surface area contributed by atoms with Crippen LogP contribution in [0.15, 0.2) is 36.4 Å². The molecule has 0 atom stereocenters. The summed E-state index contributed by atoms with van der Waals surface area (Å²) in [6.45, 7) is 1.98. The van der Waals surface area contributed by atoms with Crippen LogP contribution in [0.2, 0.25) is 0 Å². The average Bonchev–Trinajstić information content (AvgIpc) is 2.38. The zero-order chi connectivity index (χ0) is 14.7. The Balaban J connectivity index is 2.63. The van der Waals surface area contributed by atoms with Crippen LogP contribution < -0.4 is 5.32 Å². The van der Waals surface area contributed by atoms with E-state index in [4.69, 9.17) is 0 Å². The van der Waals surface area contributed by atoms with Crippen LogP contribution in [0, 0.1) is 23.3 Å². The summed E-state index contributed by atoms with van der Waals surface area (Å²) in [4.78, 5) is 0. The summed E-state index contributed by atoms with van der Waals surface area (Å²) in [6.07, 6.45) is 0. The van der Waals surface area contributed by atoms with Crippen LogP contribution in [-0.4, -0.2) is 6.54 Å². The minimum atomic E-state index is -1.22. The number of rotatable bonds is 4. The molecule has 20 heavy (non-hydrogen) atoms. The molecule has 2 aromatic rings. The second-order valence-electron chi connectivity index (χ2n) is 4.26. The van der Waals surface area contributed by atoms with E-state index >= 15 is 0 Å². The number of hydrogen-bond donors (Lipinski definition) is 1. The molecule has 1 nitrogen and oxygen atoms in total. The van der Waals surface area contributed by atoms with Crippen molar-refractivity contribution in [2.75, 3.05) is 6.54 Å². The quantitative estimate of drug-likeness (QED) is 0.838. The summed E-state index contributed by atoms with van der Waals surface area (Å²) >= 11 is 0. The predicted molar refractivity (Wildman–Crippen MR) is 68.2 cm³/mol. The molecule has 1 N–H and O–H groups in total. The smallest absolute Gasteiger partial charge is 0.131 e. The van der Waals surface area contributed by atoms with E-state index in [1.165, 1.54) is 12.1 Å². The van der Waals surface area contributed by atoms with Crippen molar-refractivity contribution in [1.82, 2.24) is 5.32 Å². The van der Waals surface area contributed by atoms with Gasteiger partial charge in [-0.1, -0.05) is 19.1 Å². The first-order valence-corrected chi connectivity index (χ1v) is 6.17. The highest BCUT2D eigenvalue weighted by Gasteiger charge is 2.26. The zero-order valence-corrected chi connectivity index (χ0v) is 10.8. The fourth-order valence-corrected chi connectivity index (χ4v) is 2.13. The van der Waals surface area contributed by atoms with Gasteiger partial charge in [0.1, 0.15) is 23.3 Å². The molecular weight excluding hydrogens is 270 g/mol. The van der Waals surface area contributed by atoms with Gasteiger partial charge < -0.3 is 5.32 Å². The Morgan fingerprint density at radius 3 is 1.45 bits per heavy atom. The second kappa shape index (κ2) is 6.05. The average molecular weight is 283 g/mol. The van der Waals surface area contributed by atoms with Crippen LogP contribution in [-0.2, 0) is 0 Å². The third-order valence-corrected chi connectivity index (χ3v) is 2.99. The first-order valence-electron chi connectivity index (χ1n) is 6.17. The van der Waals surface area contributed by atoms with Crippen LogP contribution >= 0.6 is 0 Å². The topological polar surface area (TPSA) is 12.0 Å². The molecule has 2 rings (SSSR count). The SMILES string of the molecule is CCNC(c1c(F)cccc1F)c1c(F)cccc1F. The van der Waals surface area contributed by atoms with E-state index in [1.807, 2.05) is 0 Å². The normalized spacial score (nSPS) is 11.1. The van der Waals surface area contributed by atoms with Crippen molar-refractivity contribution < 1.29 is 17.6 Å². The molecule has 0 spiro atoms. The standard InChI is InChI=1S/C15H13F4N/c1-2-20-15(13-9(16)5-3-6-10(13)17)14-11(18)7-4-8-12(14)19/h3-8,15,20H,2H2,1H3. The Morgan fingerprint density at radius 1 is 0.800 bits per heavy atom. The van der Waals surface area contributed by atoms with Gasteiger partial charge in [-0.25, -0.2) is 17.6 Å². The molecule has 0 amide bonds. The summed E-state index contributed by atoms with van der Waals surface area (Å²) in [6, 6.07) is 5.41. The Kier molecular flexibility index (Phi) is 4.39. The molecule has 0 saturated heterocycles. The van der Waals surface area contributed by atoms with Gasteiger partial charge in [0.15, 0.2) is 0 Å². The van der Waals surface area contributed by atoms with Crippen LogP contribution in [0.5, 0.6) is 0 Å². The van der Waals surface area contributed by atoms with Crippen molar-refractivity contribution in [3.05, 3.63) is 70.8 Å². The van der Waals surface area contributed by atoms with E-state index in [0.717, 1.165) is 24.3 Å². The van der Waals surface area contributed by atoms with Crippen molar-refractivity contribution in [2.24, 2.45) is 0 Å². The fourth-order valence-electron chi connectivity index (χ4n) is 2.13. The number of hydrogen-bond acceptors (Lipinski definition) is 1. The molecule has 0 aliphatic carbocycles. The largest absolute Gasteiger partial charge is 0.306 e. The van der Waals surface area contributed by atoms with Gasteiger partial charge in [-0.3, -0.25) is 0 Å². The Hall–Kier alpha value is -1.88. The summed E-state index contributed by atoms with van der Waals surface area (Å²) < 4.78 is 55.4. The third kappa shape index (κ3) is 2.67.